The van der Waals surface area contributed by atoms with Crippen LogP contribution < -0.4 is 10.1 Å². The van der Waals surface area contributed by atoms with Gasteiger partial charge in [-0.1, -0.05) is 11.6 Å². The molecule has 1 aromatic carbocycles. The maximum Gasteiger partial charge on any atom is 0.290 e. The third-order valence-electron chi connectivity index (χ3n) is 6.23. The number of aromatic nitrogens is 3. The molecule has 0 radical (unpaired) electrons. The standard InChI is InChI=1S/C23H25ClFN5O2.CH2O2/c1-13-21(24)14(2)30-22(27-13)18-11-29(12-19(18)28-30)23(31)17-6-5-15(25)10-20(17)32-16-4-3-8-26-9-7-16;2-1-3/h5-6,10,16,26H,3-4,7-9,11-12H2,1-2H3;1H,(H,2,3)/t16-;/m0./s1. The molecule has 35 heavy (non-hydrogen) atoms. The molecule has 9 nitrogen and oxygen atoms in total. The number of hydrogen-bond donors (Lipinski definition) is 2. The number of rotatable bonds is 3. The van der Waals surface area contributed by atoms with Crippen molar-refractivity contribution in [2.45, 2.75) is 52.3 Å². The maximum atomic E-state index is 14.0. The minimum absolute atomic E-state index is 0.0433. The third kappa shape index (κ3) is 5.08. The van der Waals surface area contributed by atoms with Crippen LogP contribution in [0.3, 0.4) is 0 Å². The second-order valence-corrected chi connectivity index (χ2v) is 8.96. The van der Waals surface area contributed by atoms with Crippen LogP contribution in [-0.4, -0.2) is 56.2 Å². The Kier molecular flexibility index (Phi) is 7.51. The molecule has 0 aliphatic carbocycles. The molecule has 2 N–H and O–H groups in total. The highest BCUT2D eigenvalue weighted by Gasteiger charge is 2.32. The first-order valence-electron chi connectivity index (χ1n) is 11.4. The molecule has 1 amide bonds. The van der Waals surface area contributed by atoms with Crippen LogP contribution in [0.1, 0.15) is 52.3 Å². The predicted molar refractivity (Wildman–Crippen MR) is 127 cm³/mol. The van der Waals surface area contributed by atoms with Gasteiger partial charge in [0.1, 0.15) is 17.7 Å². The van der Waals surface area contributed by atoms with Crippen LogP contribution in [0.4, 0.5) is 4.39 Å². The Morgan fingerprint density at radius 2 is 2.06 bits per heavy atom. The first-order valence-corrected chi connectivity index (χ1v) is 11.8. The van der Waals surface area contributed by atoms with Crippen LogP contribution in [0.5, 0.6) is 5.75 Å². The minimum atomic E-state index is -0.419. The zero-order valence-corrected chi connectivity index (χ0v) is 20.3. The SMILES string of the molecule is Cc1nc2c3c(nn2c(C)c1Cl)CN(C(=O)c1ccc(F)cc1O[C@H]1CCCNCC1)C3.O=CO. The fourth-order valence-corrected chi connectivity index (χ4v) is 4.60. The molecule has 1 saturated heterocycles. The number of carbonyl (C=O) groups is 2. The third-order valence-corrected chi connectivity index (χ3v) is 6.78. The highest BCUT2D eigenvalue weighted by molar-refractivity contribution is 6.31. The van der Waals surface area contributed by atoms with Gasteiger partial charge in [0, 0.05) is 11.6 Å². The van der Waals surface area contributed by atoms with Gasteiger partial charge in [-0.2, -0.15) is 5.10 Å². The van der Waals surface area contributed by atoms with Gasteiger partial charge in [-0.05, 0) is 58.3 Å². The topological polar surface area (TPSA) is 109 Å². The summed E-state index contributed by atoms with van der Waals surface area (Å²) in [7, 11) is 0. The summed E-state index contributed by atoms with van der Waals surface area (Å²) in [5, 5.41) is 15.5. The molecule has 2 aliphatic rings. The molecule has 1 fully saturated rings. The van der Waals surface area contributed by atoms with Crippen molar-refractivity contribution in [1.82, 2.24) is 24.8 Å². The number of nitrogens with one attached hydrogen (secondary N) is 1. The summed E-state index contributed by atoms with van der Waals surface area (Å²) < 4.78 is 21.9. The smallest absolute Gasteiger partial charge is 0.290 e. The lowest BCUT2D eigenvalue weighted by Crippen LogP contribution is -2.27. The highest BCUT2D eigenvalue weighted by Crippen LogP contribution is 2.32. The molecule has 4 heterocycles. The van der Waals surface area contributed by atoms with Crippen molar-refractivity contribution in [1.29, 1.82) is 0 Å². The van der Waals surface area contributed by atoms with E-state index in [2.05, 4.69) is 15.4 Å². The molecule has 0 bridgehead atoms. The molecule has 3 aromatic rings. The predicted octanol–water partition coefficient (Wildman–Crippen LogP) is 3.52. The molecule has 0 spiro atoms. The quantitative estimate of drug-likeness (QED) is 0.526. The number of fused-ring (bicyclic) bond motifs is 3. The van der Waals surface area contributed by atoms with E-state index in [4.69, 9.17) is 26.2 Å². The van der Waals surface area contributed by atoms with Gasteiger partial charge < -0.3 is 20.1 Å². The lowest BCUT2D eigenvalue weighted by atomic mass is 10.1. The minimum Gasteiger partial charge on any atom is -0.489 e. The number of carbonyl (C=O) groups excluding carboxylic acids is 1. The Morgan fingerprint density at radius 1 is 1.29 bits per heavy atom. The number of carboxylic acid groups (broad SMARTS) is 1. The van der Waals surface area contributed by atoms with Crippen molar-refractivity contribution >= 4 is 29.6 Å². The van der Waals surface area contributed by atoms with E-state index in [9.17, 15) is 9.18 Å². The molecule has 2 aromatic heterocycles. The zero-order chi connectivity index (χ0) is 25.1. The van der Waals surface area contributed by atoms with E-state index in [1.54, 1.807) is 9.42 Å². The lowest BCUT2D eigenvalue weighted by molar-refractivity contribution is -0.122. The largest absolute Gasteiger partial charge is 0.489 e. The number of benzene rings is 1. The van der Waals surface area contributed by atoms with E-state index in [-0.39, 0.29) is 18.5 Å². The van der Waals surface area contributed by atoms with E-state index in [1.165, 1.54) is 18.2 Å². The van der Waals surface area contributed by atoms with E-state index >= 15 is 0 Å². The molecule has 0 saturated carbocycles. The first kappa shape index (κ1) is 24.9. The summed E-state index contributed by atoms with van der Waals surface area (Å²) in [5.41, 5.74) is 4.37. The summed E-state index contributed by atoms with van der Waals surface area (Å²) in [6.07, 6.45) is 2.64. The average molecular weight is 504 g/mol. The van der Waals surface area contributed by atoms with E-state index in [1.807, 2.05) is 13.8 Å². The molecule has 186 valence electrons. The zero-order valence-electron chi connectivity index (χ0n) is 19.6. The van der Waals surface area contributed by atoms with Gasteiger partial charge in [0.05, 0.1) is 40.8 Å². The van der Waals surface area contributed by atoms with Crippen LogP contribution in [-0.2, 0) is 17.9 Å². The van der Waals surface area contributed by atoms with Crippen molar-refractivity contribution < 1.29 is 23.8 Å². The van der Waals surface area contributed by atoms with Gasteiger partial charge in [-0.15, -0.1) is 0 Å². The van der Waals surface area contributed by atoms with Gasteiger partial charge in [-0.25, -0.2) is 13.9 Å². The lowest BCUT2D eigenvalue weighted by Gasteiger charge is -2.22. The Balaban J connectivity index is 0.000000917. The van der Waals surface area contributed by atoms with Crippen LogP contribution in [0.25, 0.3) is 5.65 Å². The van der Waals surface area contributed by atoms with E-state index in [0.29, 0.717) is 29.4 Å². The molecule has 5 rings (SSSR count). The second kappa shape index (κ2) is 10.6. The average Bonchev–Trinajstić information content (AvgIpc) is 3.28. The molecule has 2 aliphatic heterocycles. The molecule has 11 heteroatoms. The summed E-state index contributed by atoms with van der Waals surface area (Å²) in [6, 6.07) is 4.13. The Bertz CT molecular complexity index is 1260. The van der Waals surface area contributed by atoms with Crippen molar-refractivity contribution in [2.75, 3.05) is 13.1 Å². The number of amides is 1. The van der Waals surface area contributed by atoms with Gasteiger partial charge in [0.2, 0.25) is 0 Å². The van der Waals surface area contributed by atoms with Crippen molar-refractivity contribution in [3.63, 3.8) is 0 Å². The maximum absolute atomic E-state index is 14.0. The Labute approximate surface area is 206 Å². The second-order valence-electron chi connectivity index (χ2n) is 8.59. The number of halogens is 2. The van der Waals surface area contributed by atoms with Crippen molar-refractivity contribution in [2.24, 2.45) is 0 Å². The van der Waals surface area contributed by atoms with Crippen LogP contribution in [0.15, 0.2) is 18.2 Å². The number of ether oxygens (including phenoxy) is 1. The van der Waals surface area contributed by atoms with Crippen LogP contribution in [0.2, 0.25) is 5.02 Å². The fraction of sp³-hybridized carbons (Fsp3) is 0.417. The van der Waals surface area contributed by atoms with Crippen LogP contribution >= 0.6 is 11.6 Å². The summed E-state index contributed by atoms with van der Waals surface area (Å²) in [5.74, 6) is -0.319. The number of hydrogen-bond acceptors (Lipinski definition) is 6. The summed E-state index contributed by atoms with van der Waals surface area (Å²) >= 11 is 6.32. The van der Waals surface area contributed by atoms with Crippen molar-refractivity contribution in [3.8, 4) is 5.75 Å². The summed E-state index contributed by atoms with van der Waals surface area (Å²) in [6.45, 7) is 6.05. The van der Waals surface area contributed by atoms with Gasteiger partial charge >= 0.3 is 0 Å². The Hall–Kier alpha value is -3.24. The number of aryl methyl sites for hydroxylation is 2. The molecular formula is C24H27ClFN5O4. The van der Waals surface area contributed by atoms with Gasteiger partial charge in [0.15, 0.2) is 5.65 Å². The molecule has 0 unspecified atom stereocenters. The normalized spacial score (nSPS) is 17.4. The first-order chi connectivity index (χ1) is 16.8. The fourth-order valence-electron chi connectivity index (χ4n) is 4.48. The van der Waals surface area contributed by atoms with Crippen molar-refractivity contribution in [3.05, 3.63) is 57.2 Å². The van der Waals surface area contributed by atoms with Gasteiger partial charge in [-0.3, -0.25) is 9.59 Å². The van der Waals surface area contributed by atoms with E-state index < -0.39 is 5.82 Å². The number of nitrogens with zero attached hydrogens (tertiary/aromatic N) is 4. The van der Waals surface area contributed by atoms with Crippen LogP contribution in [0, 0.1) is 19.7 Å². The van der Waals surface area contributed by atoms with E-state index in [0.717, 1.165) is 60.6 Å². The van der Waals surface area contributed by atoms with Gasteiger partial charge in [0.25, 0.3) is 12.4 Å². The Morgan fingerprint density at radius 3 is 2.83 bits per heavy atom. The molecular weight excluding hydrogens is 477 g/mol. The monoisotopic (exact) mass is 503 g/mol. The highest BCUT2D eigenvalue weighted by atomic mass is 35.5. The molecule has 1 atom stereocenters. The summed E-state index contributed by atoms with van der Waals surface area (Å²) in [4.78, 5) is 28.1.